The highest BCUT2D eigenvalue weighted by atomic mass is 16.6. The van der Waals surface area contributed by atoms with Crippen LogP contribution in [0.25, 0.3) is 22.2 Å². The number of aromatic nitrogens is 3. The molecule has 0 bridgehead atoms. The second-order valence-corrected chi connectivity index (χ2v) is 9.81. The molecule has 0 spiro atoms. The van der Waals surface area contributed by atoms with Gasteiger partial charge in [-0.05, 0) is 75.3 Å². The predicted octanol–water partition coefficient (Wildman–Crippen LogP) is 6.75. The van der Waals surface area contributed by atoms with Crippen molar-refractivity contribution in [1.82, 2.24) is 14.5 Å². The van der Waals surface area contributed by atoms with Crippen LogP contribution in [0, 0.1) is 24.2 Å². The standard InChI is InChI=1S/C29H27N5O3/c1-17(19-3-4-19)36-29(35)33-21-7-5-20(6-8-21)28-25(16-30)24-12-11-23(15-26(24)34(28)22-9-10-22)37-27-13-14-31-18(2)32-27/h5-8,11-15,17,19,22H,3-4,9-10H2,1-2H3,(H,33,35)/t17-/m1/s1. The minimum absolute atomic E-state index is 0.0704. The smallest absolute Gasteiger partial charge is 0.411 e. The fourth-order valence-corrected chi connectivity index (χ4v) is 4.76. The maximum absolute atomic E-state index is 12.3. The van der Waals surface area contributed by atoms with Gasteiger partial charge in [0.1, 0.15) is 23.7 Å². The average molecular weight is 494 g/mol. The molecule has 0 saturated heterocycles. The summed E-state index contributed by atoms with van der Waals surface area (Å²) in [5.41, 5.74) is 4.03. The van der Waals surface area contributed by atoms with Gasteiger partial charge in [-0.2, -0.15) is 10.2 Å². The molecule has 8 heteroatoms. The zero-order valence-electron chi connectivity index (χ0n) is 20.8. The van der Waals surface area contributed by atoms with E-state index in [9.17, 15) is 10.1 Å². The Morgan fingerprint density at radius 1 is 1.14 bits per heavy atom. The van der Waals surface area contributed by atoms with Crippen molar-refractivity contribution < 1.29 is 14.3 Å². The Balaban J connectivity index is 1.32. The van der Waals surface area contributed by atoms with Crippen LogP contribution in [0.4, 0.5) is 10.5 Å². The monoisotopic (exact) mass is 493 g/mol. The average Bonchev–Trinajstić information content (AvgIpc) is 3.81. The second kappa shape index (κ2) is 9.25. The van der Waals surface area contributed by atoms with E-state index in [0.717, 1.165) is 47.8 Å². The van der Waals surface area contributed by atoms with Crippen LogP contribution in [0.2, 0.25) is 0 Å². The first kappa shape index (κ1) is 23.0. The maximum atomic E-state index is 12.3. The number of amides is 1. The maximum Gasteiger partial charge on any atom is 0.411 e. The van der Waals surface area contributed by atoms with E-state index >= 15 is 0 Å². The lowest BCUT2D eigenvalue weighted by molar-refractivity contribution is 0.108. The number of nitrogens with one attached hydrogen (secondary N) is 1. The highest BCUT2D eigenvalue weighted by Crippen LogP contribution is 2.45. The number of rotatable bonds is 7. The number of aryl methyl sites for hydroxylation is 1. The normalized spacial score (nSPS) is 15.7. The van der Waals surface area contributed by atoms with E-state index < -0.39 is 6.09 Å². The highest BCUT2D eigenvalue weighted by molar-refractivity contribution is 5.96. The summed E-state index contributed by atoms with van der Waals surface area (Å²) in [4.78, 5) is 20.7. The minimum Gasteiger partial charge on any atom is -0.446 e. The van der Waals surface area contributed by atoms with E-state index in [-0.39, 0.29) is 6.10 Å². The summed E-state index contributed by atoms with van der Waals surface area (Å²) in [5.74, 6) is 2.25. The van der Waals surface area contributed by atoms with E-state index in [1.54, 1.807) is 12.3 Å². The number of ether oxygens (including phenoxy) is 2. The quantitative estimate of drug-likeness (QED) is 0.305. The third-order valence-corrected chi connectivity index (χ3v) is 6.96. The van der Waals surface area contributed by atoms with Gasteiger partial charge in [0.25, 0.3) is 0 Å². The summed E-state index contributed by atoms with van der Waals surface area (Å²) in [7, 11) is 0. The molecule has 186 valence electrons. The van der Waals surface area contributed by atoms with Crippen LogP contribution in [-0.2, 0) is 4.74 Å². The number of benzene rings is 2. The summed E-state index contributed by atoms with van der Waals surface area (Å²) in [6.45, 7) is 3.75. The molecule has 2 aromatic heterocycles. The number of anilines is 1. The molecule has 0 radical (unpaired) electrons. The highest BCUT2D eigenvalue weighted by Gasteiger charge is 2.32. The van der Waals surface area contributed by atoms with Gasteiger partial charge >= 0.3 is 6.09 Å². The molecular formula is C29H27N5O3. The SMILES string of the molecule is Cc1nccc(Oc2ccc3c(C#N)c(-c4ccc(NC(=O)O[C@H](C)C5CC5)cc4)n(C4CC4)c3c2)n1. The molecule has 2 aliphatic carbocycles. The van der Waals surface area contributed by atoms with Gasteiger partial charge in [0.15, 0.2) is 0 Å². The van der Waals surface area contributed by atoms with Crippen molar-refractivity contribution in [2.24, 2.45) is 5.92 Å². The van der Waals surface area contributed by atoms with Crippen LogP contribution in [-0.4, -0.2) is 26.7 Å². The van der Waals surface area contributed by atoms with Crippen molar-refractivity contribution in [3.63, 3.8) is 0 Å². The summed E-state index contributed by atoms with van der Waals surface area (Å²) in [5, 5.41) is 13.8. The molecule has 4 aromatic rings. The van der Waals surface area contributed by atoms with Crippen LogP contribution < -0.4 is 10.1 Å². The number of hydrogen-bond donors (Lipinski definition) is 1. The molecule has 6 rings (SSSR count). The van der Waals surface area contributed by atoms with Crippen molar-refractivity contribution >= 4 is 22.7 Å². The molecule has 8 nitrogen and oxygen atoms in total. The number of carbonyl (C=O) groups excluding carboxylic acids is 1. The number of nitriles is 1. The summed E-state index contributed by atoms with van der Waals surface area (Å²) >= 11 is 0. The predicted molar refractivity (Wildman–Crippen MR) is 139 cm³/mol. The van der Waals surface area contributed by atoms with E-state index in [1.165, 1.54) is 0 Å². The van der Waals surface area contributed by atoms with E-state index in [0.29, 0.717) is 40.7 Å². The van der Waals surface area contributed by atoms with Crippen LogP contribution in [0.5, 0.6) is 11.6 Å². The first-order valence-corrected chi connectivity index (χ1v) is 12.6. The topological polar surface area (TPSA) is 102 Å². The lowest BCUT2D eigenvalue weighted by Gasteiger charge is -2.14. The Hall–Kier alpha value is -4.38. The molecule has 0 aliphatic heterocycles. The third-order valence-electron chi connectivity index (χ3n) is 6.96. The number of carbonyl (C=O) groups is 1. The van der Waals surface area contributed by atoms with Crippen LogP contribution in [0.15, 0.2) is 54.7 Å². The summed E-state index contributed by atoms with van der Waals surface area (Å²) in [6.07, 6.45) is 5.51. The molecule has 2 aliphatic rings. The van der Waals surface area contributed by atoms with Crippen molar-refractivity contribution in [3.05, 3.63) is 66.1 Å². The fourth-order valence-electron chi connectivity index (χ4n) is 4.76. The molecule has 1 N–H and O–H groups in total. The van der Waals surface area contributed by atoms with E-state index in [4.69, 9.17) is 9.47 Å². The molecule has 37 heavy (non-hydrogen) atoms. The van der Waals surface area contributed by atoms with Crippen LogP contribution in [0.1, 0.15) is 50.0 Å². The molecule has 2 saturated carbocycles. The first-order valence-electron chi connectivity index (χ1n) is 12.6. The minimum atomic E-state index is -0.441. The van der Waals surface area contributed by atoms with Gasteiger partial charge in [-0.1, -0.05) is 12.1 Å². The molecule has 2 heterocycles. The third kappa shape index (κ3) is 4.73. The van der Waals surface area contributed by atoms with Gasteiger partial charge in [0, 0.05) is 35.4 Å². The Bertz CT molecular complexity index is 1530. The van der Waals surface area contributed by atoms with Crippen molar-refractivity contribution in [1.29, 1.82) is 5.26 Å². The molecule has 2 aromatic carbocycles. The lowest BCUT2D eigenvalue weighted by Crippen LogP contribution is -2.21. The fraction of sp³-hybridized carbons (Fsp3) is 0.310. The van der Waals surface area contributed by atoms with E-state index in [2.05, 4.69) is 25.9 Å². The van der Waals surface area contributed by atoms with E-state index in [1.807, 2.05) is 56.3 Å². The van der Waals surface area contributed by atoms with Crippen LogP contribution in [0.3, 0.4) is 0 Å². The second-order valence-electron chi connectivity index (χ2n) is 9.81. The first-order chi connectivity index (χ1) is 18.0. The Labute approximate surface area is 214 Å². The van der Waals surface area contributed by atoms with Gasteiger partial charge < -0.3 is 14.0 Å². The molecule has 2 fully saturated rings. The number of nitrogens with zero attached hydrogens (tertiary/aromatic N) is 4. The van der Waals surface area contributed by atoms with Gasteiger partial charge in [-0.3, -0.25) is 5.32 Å². The van der Waals surface area contributed by atoms with Crippen molar-refractivity contribution in [2.45, 2.75) is 51.7 Å². The molecule has 1 atom stereocenters. The Morgan fingerprint density at radius 3 is 2.59 bits per heavy atom. The Morgan fingerprint density at radius 2 is 1.92 bits per heavy atom. The summed E-state index contributed by atoms with van der Waals surface area (Å²) in [6, 6.07) is 17.8. The number of fused-ring (bicyclic) bond motifs is 1. The van der Waals surface area contributed by atoms with Crippen molar-refractivity contribution in [3.8, 4) is 29.0 Å². The van der Waals surface area contributed by atoms with Gasteiger partial charge in [-0.15, -0.1) is 0 Å². The largest absolute Gasteiger partial charge is 0.446 e. The number of hydrogen-bond acceptors (Lipinski definition) is 6. The molecular weight excluding hydrogens is 466 g/mol. The zero-order valence-corrected chi connectivity index (χ0v) is 20.8. The van der Waals surface area contributed by atoms with Crippen LogP contribution >= 0.6 is 0 Å². The summed E-state index contributed by atoms with van der Waals surface area (Å²) < 4.78 is 13.7. The Kier molecular flexibility index (Phi) is 5.76. The van der Waals surface area contributed by atoms with Gasteiger partial charge in [0.2, 0.25) is 5.88 Å². The molecule has 1 amide bonds. The lowest BCUT2D eigenvalue weighted by atomic mass is 10.1. The van der Waals surface area contributed by atoms with Crippen molar-refractivity contribution in [2.75, 3.05) is 5.32 Å². The van der Waals surface area contributed by atoms with Gasteiger partial charge in [-0.25, -0.2) is 9.78 Å². The zero-order chi connectivity index (χ0) is 25.5. The molecule has 0 unspecified atom stereocenters. The van der Waals surface area contributed by atoms with Gasteiger partial charge in [0.05, 0.1) is 16.8 Å².